The van der Waals surface area contributed by atoms with E-state index in [1.54, 1.807) is 0 Å². The van der Waals surface area contributed by atoms with Crippen LogP contribution in [0.4, 0.5) is 11.4 Å². The molecule has 0 radical (unpaired) electrons. The van der Waals surface area contributed by atoms with Crippen LogP contribution in [0.15, 0.2) is 9.59 Å². The Hall–Kier alpha value is -1.44. The molecular weight excluding hydrogens is 717 g/mol. The average Bonchev–Trinajstić information content (AvgIpc) is 3.23. The predicted molar refractivity (Wildman–Crippen MR) is 257 cm³/mol. The molecule has 0 aromatic heterocycles. The van der Waals surface area contributed by atoms with Gasteiger partial charge in [-0.15, -0.1) is 0 Å². The van der Waals surface area contributed by atoms with Crippen molar-refractivity contribution in [1.29, 1.82) is 0 Å². The van der Waals surface area contributed by atoms with Crippen molar-refractivity contribution >= 4 is 11.4 Å². The number of aliphatic hydroxyl groups is 1. The summed E-state index contributed by atoms with van der Waals surface area (Å²) in [6, 6.07) is 0. The second kappa shape index (κ2) is 42.3. The molecule has 342 valence electrons. The Balaban J connectivity index is 2.34. The van der Waals surface area contributed by atoms with Crippen LogP contribution in [0.5, 0.6) is 0 Å². The Kier molecular flexibility index (Phi) is 39.8. The smallest absolute Gasteiger partial charge is 0.253 e. The molecule has 1 rings (SSSR count). The topological polar surface area (TPSA) is 93.7 Å². The van der Waals surface area contributed by atoms with Gasteiger partial charge in [0.05, 0.1) is 6.10 Å². The molecule has 0 saturated heterocycles. The summed E-state index contributed by atoms with van der Waals surface area (Å²) in [5.41, 5.74) is -0.104. The lowest BCUT2D eigenvalue weighted by molar-refractivity contribution is 0.119. The highest BCUT2D eigenvalue weighted by Crippen LogP contribution is 2.17. The van der Waals surface area contributed by atoms with Crippen LogP contribution in [0.3, 0.4) is 0 Å². The quantitative estimate of drug-likeness (QED) is 0.0384. The van der Waals surface area contributed by atoms with Crippen molar-refractivity contribution in [3.05, 3.63) is 20.4 Å². The van der Waals surface area contributed by atoms with E-state index in [2.05, 4.69) is 41.6 Å². The highest BCUT2D eigenvalue weighted by Gasteiger charge is 2.21. The van der Waals surface area contributed by atoms with Crippen LogP contribution < -0.4 is 26.8 Å². The van der Waals surface area contributed by atoms with Crippen LogP contribution in [0.25, 0.3) is 0 Å². The maximum atomic E-state index is 12.4. The SMILES string of the molecule is CCCCCCCCCCCCCCNCCCCN(CCCCCCCCCCCCCC)CC(O)CNc1c(NCCCCCCCCCCCC)c(=O)c1=O. The van der Waals surface area contributed by atoms with Gasteiger partial charge in [0.2, 0.25) is 0 Å². The molecule has 0 spiro atoms. The fraction of sp³-hybridized carbons (Fsp3) is 0.922. The molecule has 7 heteroatoms. The summed E-state index contributed by atoms with van der Waals surface area (Å²) in [5.74, 6) is 0. The zero-order valence-corrected chi connectivity index (χ0v) is 39.2. The van der Waals surface area contributed by atoms with Gasteiger partial charge in [-0.1, -0.05) is 220 Å². The lowest BCUT2D eigenvalue weighted by Gasteiger charge is -2.26. The summed E-state index contributed by atoms with van der Waals surface area (Å²) < 4.78 is 0. The minimum absolute atomic E-state index is 0.285. The monoisotopic (exact) mass is 817 g/mol. The Morgan fingerprint density at radius 1 is 0.397 bits per heavy atom. The van der Waals surface area contributed by atoms with Crippen molar-refractivity contribution in [2.45, 2.75) is 258 Å². The van der Waals surface area contributed by atoms with Gasteiger partial charge < -0.3 is 26.0 Å². The predicted octanol–water partition coefficient (Wildman–Crippen LogP) is 13.5. The summed E-state index contributed by atoms with van der Waals surface area (Å²) in [5, 5.41) is 21.1. The molecule has 7 nitrogen and oxygen atoms in total. The highest BCUT2D eigenvalue weighted by atomic mass is 16.3. The zero-order valence-electron chi connectivity index (χ0n) is 39.2. The van der Waals surface area contributed by atoms with Crippen LogP contribution in [-0.4, -0.2) is 61.9 Å². The zero-order chi connectivity index (χ0) is 42.0. The average molecular weight is 817 g/mol. The molecule has 0 amide bonds. The number of hydrogen-bond acceptors (Lipinski definition) is 7. The van der Waals surface area contributed by atoms with Crippen LogP contribution >= 0.6 is 0 Å². The lowest BCUT2D eigenvalue weighted by Crippen LogP contribution is -2.41. The highest BCUT2D eigenvalue weighted by molar-refractivity contribution is 5.73. The molecule has 0 aliphatic carbocycles. The molecular formula is C51H100N4O3. The molecule has 0 aliphatic rings. The molecule has 58 heavy (non-hydrogen) atoms. The van der Waals surface area contributed by atoms with Crippen LogP contribution in [0.1, 0.15) is 252 Å². The maximum absolute atomic E-state index is 12.4. The van der Waals surface area contributed by atoms with Gasteiger partial charge in [0.25, 0.3) is 10.9 Å². The number of anilines is 2. The van der Waals surface area contributed by atoms with E-state index in [-0.39, 0.29) is 6.54 Å². The number of unbranched alkanes of at least 4 members (excludes halogenated alkanes) is 32. The van der Waals surface area contributed by atoms with Crippen molar-refractivity contribution in [3.63, 3.8) is 0 Å². The fourth-order valence-corrected chi connectivity index (χ4v) is 8.41. The van der Waals surface area contributed by atoms with Crippen LogP contribution in [0.2, 0.25) is 0 Å². The van der Waals surface area contributed by atoms with Gasteiger partial charge in [-0.3, -0.25) is 9.59 Å². The van der Waals surface area contributed by atoms with Crippen molar-refractivity contribution in [3.8, 4) is 0 Å². The first-order valence-electron chi connectivity index (χ1n) is 26.0. The van der Waals surface area contributed by atoms with Gasteiger partial charge in [0.15, 0.2) is 0 Å². The van der Waals surface area contributed by atoms with E-state index in [0.717, 1.165) is 51.9 Å². The first kappa shape index (κ1) is 54.6. The third-order valence-electron chi connectivity index (χ3n) is 12.3. The Morgan fingerprint density at radius 2 is 0.690 bits per heavy atom. The second-order valence-electron chi connectivity index (χ2n) is 18.1. The van der Waals surface area contributed by atoms with E-state index in [4.69, 9.17) is 0 Å². The summed E-state index contributed by atoms with van der Waals surface area (Å²) >= 11 is 0. The summed E-state index contributed by atoms with van der Waals surface area (Å²) in [6.07, 6.45) is 47.2. The minimum Gasteiger partial charge on any atom is -0.390 e. The number of nitrogens with zero attached hydrogens (tertiary/aromatic N) is 1. The maximum Gasteiger partial charge on any atom is 0.253 e. The normalized spacial score (nSPS) is 12.3. The van der Waals surface area contributed by atoms with E-state index < -0.39 is 17.0 Å². The first-order valence-corrected chi connectivity index (χ1v) is 26.0. The third-order valence-corrected chi connectivity index (χ3v) is 12.3. The van der Waals surface area contributed by atoms with E-state index in [9.17, 15) is 14.7 Å². The molecule has 0 bridgehead atoms. The minimum atomic E-state index is -0.597. The molecule has 0 heterocycles. The number of nitrogens with one attached hydrogen (secondary N) is 3. The molecule has 1 atom stereocenters. The Labute approximate surface area is 360 Å². The van der Waals surface area contributed by atoms with Gasteiger partial charge in [-0.2, -0.15) is 0 Å². The third kappa shape index (κ3) is 32.3. The van der Waals surface area contributed by atoms with Gasteiger partial charge in [-0.25, -0.2) is 0 Å². The van der Waals surface area contributed by atoms with Gasteiger partial charge >= 0.3 is 0 Å². The lowest BCUT2D eigenvalue weighted by atomic mass is 10.1. The van der Waals surface area contributed by atoms with Gasteiger partial charge in [0.1, 0.15) is 11.4 Å². The van der Waals surface area contributed by atoms with Crippen molar-refractivity contribution in [2.24, 2.45) is 0 Å². The molecule has 0 saturated carbocycles. The molecule has 4 N–H and O–H groups in total. The van der Waals surface area contributed by atoms with Gasteiger partial charge in [-0.05, 0) is 58.3 Å². The van der Waals surface area contributed by atoms with E-state index in [1.165, 1.54) is 205 Å². The van der Waals surface area contributed by atoms with Crippen molar-refractivity contribution in [1.82, 2.24) is 10.2 Å². The van der Waals surface area contributed by atoms with E-state index in [1.807, 2.05) is 0 Å². The first-order chi connectivity index (χ1) is 28.5. The Morgan fingerprint density at radius 3 is 1.09 bits per heavy atom. The van der Waals surface area contributed by atoms with Gasteiger partial charge in [0, 0.05) is 19.6 Å². The molecule has 1 aromatic rings. The molecule has 1 aromatic carbocycles. The number of rotatable bonds is 48. The summed E-state index contributed by atoms with van der Waals surface area (Å²) in [6.45, 7) is 12.6. The van der Waals surface area contributed by atoms with Crippen molar-refractivity contribution < 1.29 is 5.11 Å². The van der Waals surface area contributed by atoms with E-state index in [0.29, 0.717) is 24.5 Å². The summed E-state index contributed by atoms with van der Waals surface area (Å²) in [4.78, 5) is 27.2. The molecule has 0 fully saturated rings. The van der Waals surface area contributed by atoms with E-state index >= 15 is 0 Å². The number of hydrogen-bond donors (Lipinski definition) is 4. The second-order valence-corrected chi connectivity index (χ2v) is 18.1. The molecule has 0 aliphatic heterocycles. The largest absolute Gasteiger partial charge is 0.390 e. The van der Waals surface area contributed by atoms with Crippen LogP contribution in [0, 0.1) is 0 Å². The van der Waals surface area contributed by atoms with Crippen LogP contribution in [-0.2, 0) is 0 Å². The van der Waals surface area contributed by atoms with Crippen molar-refractivity contribution in [2.75, 3.05) is 56.4 Å². The number of aliphatic hydroxyl groups excluding tert-OH is 1. The fourth-order valence-electron chi connectivity index (χ4n) is 8.41. The summed E-state index contributed by atoms with van der Waals surface area (Å²) in [7, 11) is 0. The Bertz CT molecular complexity index is 1060. The standard InChI is InChI=1S/C51H100N4O3/c1-4-7-10-13-16-19-22-24-26-29-32-35-40-52-41-37-39-44-55(43-38-34-31-28-25-23-20-17-14-11-8-5-2)46-47(56)45-54-49-48(50(57)51(49)58)53-42-36-33-30-27-21-18-15-12-9-6-3/h47,52-54,56H,4-46H2,1-3H3. The molecule has 1 unspecified atom stereocenters.